The number of aliphatic hydroxyl groups is 1. The number of hydrogen-bond acceptors (Lipinski definition) is 7. The van der Waals surface area contributed by atoms with Gasteiger partial charge in [-0.25, -0.2) is 8.78 Å². The Labute approximate surface area is 245 Å². The van der Waals surface area contributed by atoms with Gasteiger partial charge in [-0.1, -0.05) is 29.8 Å². The number of nitrogens with zero attached hydrogens (tertiary/aromatic N) is 5. The minimum absolute atomic E-state index is 0.146. The van der Waals surface area contributed by atoms with E-state index in [0.717, 1.165) is 91.8 Å². The van der Waals surface area contributed by atoms with E-state index in [1.165, 1.54) is 18.9 Å². The van der Waals surface area contributed by atoms with Gasteiger partial charge in [0.25, 0.3) is 0 Å². The molecule has 1 N–H and O–H groups in total. The van der Waals surface area contributed by atoms with Crippen molar-refractivity contribution in [3.05, 3.63) is 52.4 Å². The van der Waals surface area contributed by atoms with Crippen LogP contribution in [0.2, 0.25) is 5.02 Å². The fourth-order valence-corrected chi connectivity index (χ4v) is 7.09. The van der Waals surface area contributed by atoms with Gasteiger partial charge in [0.1, 0.15) is 17.8 Å². The highest BCUT2D eigenvalue weighted by atomic mass is 35.5. The Balaban J connectivity index is 0.000000283. The first-order valence-corrected chi connectivity index (χ1v) is 15.2. The number of aliphatic hydroxyl groups excluding tert-OH is 1. The minimum Gasteiger partial charge on any atom is -0.467 e. The van der Waals surface area contributed by atoms with Crippen LogP contribution in [0.4, 0.5) is 20.3 Å². The Morgan fingerprint density at radius 3 is 2.68 bits per heavy atom. The topological polar surface area (TPSA) is 65.0 Å². The molecule has 0 amide bonds. The van der Waals surface area contributed by atoms with E-state index in [1.807, 2.05) is 18.2 Å². The first-order valence-electron chi connectivity index (χ1n) is 14.8. The third-order valence-electron chi connectivity index (χ3n) is 8.92. The highest BCUT2D eigenvalue weighted by molar-refractivity contribution is 6.36. The zero-order valence-corrected chi connectivity index (χ0v) is 24.3. The predicted molar refractivity (Wildman–Crippen MR) is 158 cm³/mol. The molecule has 220 valence electrons. The monoisotopic (exact) mass is 585 g/mol. The molecule has 4 aliphatic rings. The van der Waals surface area contributed by atoms with Crippen molar-refractivity contribution in [2.75, 3.05) is 49.6 Å². The van der Waals surface area contributed by atoms with Crippen molar-refractivity contribution in [1.29, 1.82) is 0 Å². The van der Waals surface area contributed by atoms with Crippen LogP contribution in [0.25, 0.3) is 10.8 Å². The van der Waals surface area contributed by atoms with Crippen molar-refractivity contribution in [3.63, 3.8) is 0 Å². The van der Waals surface area contributed by atoms with Crippen LogP contribution in [0, 0.1) is 5.82 Å². The number of methoxy groups -OCH3 is 1. The van der Waals surface area contributed by atoms with Gasteiger partial charge in [0.2, 0.25) is 0 Å². The summed E-state index contributed by atoms with van der Waals surface area (Å²) in [6.45, 7) is 4.78. The molecule has 4 aliphatic heterocycles. The van der Waals surface area contributed by atoms with Crippen molar-refractivity contribution in [2.45, 2.75) is 69.8 Å². The number of halogens is 3. The van der Waals surface area contributed by atoms with Crippen LogP contribution in [-0.2, 0) is 13.0 Å². The molecule has 10 heteroatoms. The number of rotatable bonds is 3. The van der Waals surface area contributed by atoms with Gasteiger partial charge in [0.15, 0.2) is 0 Å². The van der Waals surface area contributed by atoms with E-state index in [1.54, 1.807) is 13.2 Å². The second-order valence-electron chi connectivity index (χ2n) is 11.6. The van der Waals surface area contributed by atoms with Gasteiger partial charge in [-0.15, -0.1) is 0 Å². The molecule has 3 atom stereocenters. The van der Waals surface area contributed by atoms with Gasteiger partial charge < -0.3 is 19.6 Å². The lowest BCUT2D eigenvalue weighted by molar-refractivity contribution is 0.161. The molecule has 3 saturated heterocycles. The fraction of sp³-hybridized carbons (Fsp3) is 0.548. The van der Waals surface area contributed by atoms with Crippen LogP contribution in [-0.4, -0.2) is 78.1 Å². The van der Waals surface area contributed by atoms with Crippen molar-refractivity contribution in [1.82, 2.24) is 14.9 Å². The van der Waals surface area contributed by atoms with E-state index < -0.39 is 12.0 Å². The van der Waals surface area contributed by atoms with Gasteiger partial charge in [-0.05, 0) is 69.0 Å². The molecule has 0 saturated carbocycles. The number of fused-ring (bicyclic) bond motifs is 3. The summed E-state index contributed by atoms with van der Waals surface area (Å²) in [5.41, 5.74) is 2.93. The number of hydrogen-bond donors (Lipinski definition) is 1. The van der Waals surface area contributed by atoms with Crippen molar-refractivity contribution in [3.8, 4) is 6.01 Å². The lowest BCUT2D eigenvalue weighted by Gasteiger charge is -2.34. The second kappa shape index (κ2) is 12.2. The first kappa shape index (κ1) is 28.4. The molecule has 0 bridgehead atoms. The van der Waals surface area contributed by atoms with Crippen LogP contribution in [0.1, 0.15) is 49.8 Å². The van der Waals surface area contributed by atoms with Crippen LogP contribution in [0.3, 0.4) is 0 Å². The summed E-state index contributed by atoms with van der Waals surface area (Å²) in [7, 11) is 1.57. The van der Waals surface area contributed by atoms with Crippen LogP contribution in [0.15, 0.2) is 30.3 Å². The number of alkyl halides is 1. The van der Waals surface area contributed by atoms with Crippen LogP contribution >= 0.6 is 11.6 Å². The molecule has 5 heterocycles. The molecule has 3 aromatic rings. The van der Waals surface area contributed by atoms with Gasteiger partial charge in [-0.2, -0.15) is 9.97 Å². The summed E-state index contributed by atoms with van der Waals surface area (Å²) >= 11 is 6.38. The van der Waals surface area contributed by atoms with E-state index in [0.29, 0.717) is 25.1 Å². The Morgan fingerprint density at radius 2 is 1.85 bits per heavy atom. The Kier molecular flexibility index (Phi) is 8.47. The summed E-state index contributed by atoms with van der Waals surface area (Å²) in [4.78, 5) is 16.1. The van der Waals surface area contributed by atoms with Crippen LogP contribution < -0.4 is 14.5 Å². The highest BCUT2D eigenvalue weighted by Crippen LogP contribution is 2.38. The van der Waals surface area contributed by atoms with Crippen molar-refractivity contribution in [2.24, 2.45) is 0 Å². The summed E-state index contributed by atoms with van der Waals surface area (Å²) in [5.74, 6) is 0.487. The number of ether oxygens (including phenoxy) is 1. The maximum Gasteiger partial charge on any atom is 0.318 e. The van der Waals surface area contributed by atoms with E-state index in [4.69, 9.17) is 21.3 Å². The zero-order chi connectivity index (χ0) is 28.5. The quantitative estimate of drug-likeness (QED) is 0.433. The predicted octanol–water partition coefficient (Wildman–Crippen LogP) is 5.54. The van der Waals surface area contributed by atoms with Crippen molar-refractivity contribution < 1.29 is 18.6 Å². The van der Waals surface area contributed by atoms with Gasteiger partial charge in [0.05, 0.1) is 30.5 Å². The molecule has 1 aromatic heterocycles. The highest BCUT2D eigenvalue weighted by Gasteiger charge is 2.34. The third-order valence-corrected chi connectivity index (χ3v) is 9.29. The number of benzene rings is 2. The standard InChI is InChI=1S/C24H26ClFN4O2.C7H12FN/c1-32-24-27-19-14-30(20-6-2-4-15-7-8-18(26)22(25)21(15)20)13-10-17(19)23(28-24)29-11-3-5-16(31)9-12-29;8-6-4-7-2-1-3-9(7)5-6/h2,4,6-8,16,31H,3,5,9-14H2,1H3;6-7H,1-5H2. The fourth-order valence-electron chi connectivity index (χ4n) is 6.82. The maximum atomic E-state index is 14.2. The molecule has 2 aromatic carbocycles. The van der Waals surface area contributed by atoms with Crippen LogP contribution in [0.5, 0.6) is 6.01 Å². The second-order valence-corrected chi connectivity index (χ2v) is 11.9. The van der Waals surface area contributed by atoms with E-state index >= 15 is 0 Å². The molecule has 0 radical (unpaired) electrons. The zero-order valence-electron chi connectivity index (χ0n) is 23.5. The molecule has 7 nitrogen and oxygen atoms in total. The largest absolute Gasteiger partial charge is 0.467 e. The average molecular weight is 586 g/mol. The molecular formula is C31H38ClF2N5O2. The van der Waals surface area contributed by atoms with Crippen molar-refractivity contribution >= 4 is 33.9 Å². The lowest BCUT2D eigenvalue weighted by atomic mass is 10.0. The molecule has 0 spiro atoms. The number of anilines is 2. The molecule has 3 fully saturated rings. The molecule has 3 unspecified atom stereocenters. The third kappa shape index (κ3) is 5.94. The maximum absolute atomic E-state index is 14.2. The lowest BCUT2D eigenvalue weighted by Crippen LogP contribution is -2.35. The molecule has 7 rings (SSSR count). The molecule has 41 heavy (non-hydrogen) atoms. The van der Waals surface area contributed by atoms with E-state index in [-0.39, 0.29) is 11.1 Å². The minimum atomic E-state index is -0.518. The SMILES string of the molecule is COc1nc2c(c(N3CCCC(O)CC3)n1)CCN(c1cccc3ccc(F)c(Cl)c13)C2.FC1CC2CCCN2C1. The average Bonchev–Trinajstić information content (AvgIpc) is 3.49. The number of aromatic nitrogens is 2. The normalized spacial score (nSPS) is 24.5. The Bertz CT molecular complexity index is 1380. The Morgan fingerprint density at radius 1 is 1.00 bits per heavy atom. The first-order chi connectivity index (χ1) is 19.9. The van der Waals surface area contributed by atoms with E-state index in [9.17, 15) is 13.9 Å². The summed E-state index contributed by atoms with van der Waals surface area (Å²) in [6, 6.07) is 10.0. The summed E-state index contributed by atoms with van der Waals surface area (Å²) in [6.07, 6.45) is 5.78. The Hall–Kier alpha value is -2.75. The van der Waals surface area contributed by atoms with E-state index in [2.05, 4.69) is 19.7 Å². The summed E-state index contributed by atoms with van der Waals surface area (Å²) in [5, 5.41) is 11.8. The van der Waals surface area contributed by atoms with Gasteiger partial charge >= 0.3 is 6.01 Å². The van der Waals surface area contributed by atoms with Gasteiger partial charge in [0, 0.05) is 48.9 Å². The van der Waals surface area contributed by atoms with Gasteiger partial charge in [-0.3, -0.25) is 4.90 Å². The smallest absolute Gasteiger partial charge is 0.318 e. The molecule has 0 aliphatic carbocycles. The molecular weight excluding hydrogens is 548 g/mol. The summed E-state index contributed by atoms with van der Waals surface area (Å²) < 4.78 is 32.3.